The molecule has 2 N–H and O–H groups in total. The summed E-state index contributed by atoms with van der Waals surface area (Å²) >= 11 is 0. The highest BCUT2D eigenvalue weighted by atomic mass is 16.5. The van der Waals surface area contributed by atoms with Crippen LogP contribution in [0.25, 0.3) is 0 Å². The van der Waals surface area contributed by atoms with E-state index in [1.54, 1.807) is 4.90 Å². The maximum atomic E-state index is 12.0. The van der Waals surface area contributed by atoms with Crippen LogP contribution in [0.4, 0.5) is 4.79 Å². The normalized spacial score (nSPS) is 18.4. The number of aliphatic hydroxyl groups excluding tert-OH is 1. The Hall–Kier alpha value is -1.75. The van der Waals surface area contributed by atoms with Gasteiger partial charge in [-0.25, -0.2) is 4.79 Å². The maximum absolute atomic E-state index is 12.0. The number of carbonyl (C=O) groups is 1. The van der Waals surface area contributed by atoms with Crippen LogP contribution in [0.5, 0.6) is 5.75 Å². The number of likely N-dealkylation sites (tertiary alicyclic amines) is 1. The Morgan fingerprint density at radius 2 is 2.14 bits per heavy atom. The highest BCUT2D eigenvalue weighted by Gasteiger charge is 2.21. The van der Waals surface area contributed by atoms with Crippen molar-refractivity contribution < 1.29 is 14.6 Å². The van der Waals surface area contributed by atoms with Crippen LogP contribution in [0.3, 0.4) is 0 Å². The lowest BCUT2D eigenvalue weighted by molar-refractivity contribution is 0.0843. The fraction of sp³-hybridized carbons (Fsp3) is 0.588. The van der Waals surface area contributed by atoms with Gasteiger partial charge in [-0.05, 0) is 50.8 Å². The van der Waals surface area contributed by atoms with E-state index in [0.29, 0.717) is 13.1 Å². The average molecular weight is 306 g/mol. The quantitative estimate of drug-likeness (QED) is 0.876. The lowest BCUT2D eigenvalue weighted by Crippen LogP contribution is -2.47. The summed E-state index contributed by atoms with van der Waals surface area (Å²) in [6.45, 7) is 5.76. The molecule has 5 heteroatoms. The summed E-state index contributed by atoms with van der Waals surface area (Å²) in [5.74, 6) is 0.866. The molecule has 0 aliphatic carbocycles. The van der Waals surface area contributed by atoms with Gasteiger partial charge < -0.3 is 20.1 Å². The molecule has 1 fully saturated rings. The third-order valence-corrected chi connectivity index (χ3v) is 3.67. The maximum Gasteiger partial charge on any atom is 0.317 e. The van der Waals surface area contributed by atoms with Crippen LogP contribution in [-0.2, 0) is 6.42 Å². The smallest absolute Gasteiger partial charge is 0.317 e. The molecule has 1 heterocycles. The molecule has 1 unspecified atom stereocenters. The Kier molecular flexibility index (Phi) is 6.07. The first kappa shape index (κ1) is 16.6. The first-order chi connectivity index (χ1) is 10.5. The third-order valence-electron chi connectivity index (χ3n) is 3.67. The minimum atomic E-state index is -0.381. The topological polar surface area (TPSA) is 61.8 Å². The Morgan fingerprint density at radius 3 is 2.77 bits per heavy atom. The summed E-state index contributed by atoms with van der Waals surface area (Å²) in [5, 5.41) is 12.5. The van der Waals surface area contributed by atoms with Crippen molar-refractivity contribution in [3.05, 3.63) is 29.8 Å². The van der Waals surface area contributed by atoms with Crippen LogP contribution in [0.1, 0.15) is 32.3 Å². The van der Waals surface area contributed by atoms with Crippen LogP contribution >= 0.6 is 0 Å². The van der Waals surface area contributed by atoms with Gasteiger partial charge in [0.1, 0.15) is 5.75 Å². The van der Waals surface area contributed by atoms with Gasteiger partial charge in [0.2, 0.25) is 0 Å². The predicted octanol–water partition coefficient (Wildman–Crippen LogP) is 2.18. The Morgan fingerprint density at radius 1 is 1.41 bits per heavy atom. The zero-order valence-corrected chi connectivity index (χ0v) is 13.4. The number of nitrogens with zero attached hydrogens (tertiary/aromatic N) is 1. The molecule has 1 aliphatic heterocycles. The number of hydrogen-bond donors (Lipinski definition) is 2. The number of amides is 2. The number of urea groups is 1. The number of benzene rings is 1. The first-order valence-corrected chi connectivity index (χ1v) is 8.01. The molecule has 1 aromatic rings. The van der Waals surface area contributed by atoms with E-state index in [0.717, 1.165) is 37.1 Å². The second-order valence-electron chi connectivity index (χ2n) is 6.03. The van der Waals surface area contributed by atoms with Crippen molar-refractivity contribution in [1.82, 2.24) is 10.2 Å². The van der Waals surface area contributed by atoms with E-state index in [4.69, 9.17) is 4.74 Å². The van der Waals surface area contributed by atoms with Crippen LogP contribution in [0.2, 0.25) is 0 Å². The van der Waals surface area contributed by atoms with Crippen molar-refractivity contribution in [2.45, 2.75) is 45.3 Å². The predicted molar refractivity (Wildman–Crippen MR) is 86.1 cm³/mol. The van der Waals surface area contributed by atoms with Crippen molar-refractivity contribution in [3.8, 4) is 5.75 Å². The molecule has 1 aliphatic rings. The minimum Gasteiger partial charge on any atom is -0.491 e. The first-order valence-electron chi connectivity index (χ1n) is 8.01. The molecular weight excluding hydrogens is 280 g/mol. The van der Waals surface area contributed by atoms with Gasteiger partial charge in [-0.15, -0.1) is 0 Å². The third kappa shape index (κ3) is 5.22. The number of nitrogens with one attached hydrogen (secondary N) is 1. The van der Waals surface area contributed by atoms with E-state index in [9.17, 15) is 9.90 Å². The van der Waals surface area contributed by atoms with Crippen LogP contribution in [0.15, 0.2) is 24.3 Å². The molecule has 5 nitrogen and oxygen atoms in total. The minimum absolute atomic E-state index is 0.0847. The molecule has 0 bridgehead atoms. The molecule has 122 valence electrons. The van der Waals surface area contributed by atoms with Crippen molar-refractivity contribution >= 4 is 6.03 Å². The highest BCUT2D eigenvalue weighted by Crippen LogP contribution is 2.14. The standard InChI is InChI=1S/C17H26N2O3/c1-13(2)22-16-7-5-14(6-8-16)9-10-18-17(21)19-11-3-4-15(20)12-19/h5-8,13,15,20H,3-4,9-12H2,1-2H3,(H,18,21). The summed E-state index contributed by atoms with van der Waals surface area (Å²) < 4.78 is 5.60. The molecule has 1 saturated heterocycles. The van der Waals surface area contributed by atoms with Crippen molar-refractivity contribution in [3.63, 3.8) is 0 Å². The highest BCUT2D eigenvalue weighted by molar-refractivity contribution is 5.74. The molecular formula is C17H26N2O3. The van der Waals surface area contributed by atoms with Gasteiger partial charge in [-0.2, -0.15) is 0 Å². The van der Waals surface area contributed by atoms with E-state index in [1.807, 2.05) is 38.1 Å². The van der Waals surface area contributed by atoms with Gasteiger partial charge >= 0.3 is 6.03 Å². The summed E-state index contributed by atoms with van der Waals surface area (Å²) in [6.07, 6.45) is 2.22. The Bertz CT molecular complexity index is 473. The van der Waals surface area contributed by atoms with E-state index in [-0.39, 0.29) is 18.2 Å². The number of hydrogen-bond acceptors (Lipinski definition) is 3. The van der Waals surface area contributed by atoms with Crippen molar-refractivity contribution in [2.75, 3.05) is 19.6 Å². The average Bonchev–Trinajstić information content (AvgIpc) is 2.48. The van der Waals surface area contributed by atoms with Gasteiger partial charge in [0, 0.05) is 19.6 Å². The molecule has 1 aromatic carbocycles. The second-order valence-corrected chi connectivity index (χ2v) is 6.03. The Balaban J connectivity index is 1.72. The number of carbonyl (C=O) groups excluding carboxylic acids is 1. The van der Waals surface area contributed by atoms with Gasteiger partial charge in [0.15, 0.2) is 0 Å². The summed E-state index contributed by atoms with van der Waals surface area (Å²) in [4.78, 5) is 13.7. The van der Waals surface area contributed by atoms with Gasteiger partial charge in [-0.3, -0.25) is 0 Å². The molecule has 22 heavy (non-hydrogen) atoms. The monoisotopic (exact) mass is 306 g/mol. The molecule has 0 spiro atoms. The molecule has 1 atom stereocenters. The Labute approximate surface area is 132 Å². The van der Waals surface area contributed by atoms with E-state index in [2.05, 4.69) is 5.32 Å². The van der Waals surface area contributed by atoms with Gasteiger partial charge in [0.25, 0.3) is 0 Å². The van der Waals surface area contributed by atoms with Crippen LogP contribution in [0, 0.1) is 0 Å². The van der Waals surface area contributed by atoms with Crippen molar-refractivity contribution in [1.29, 1.82) is 0 Å². The number of piperidine rings is 1. The van der Waals surface area contributed by atoms with Crippen LogP contribution in [-0.4, -0.2) is 47.9 Å². The summed E-state index contributed by atoms with van der Waals surface area (Å²) in [6, 6.07) is 7.87. The summed E-state index contributed by atoms with van der Waals surface area (Å²) in [5.41, 5.74) is 1.16. The number of rotatable bonds is 5. The zero-order chi connectivity index (χ0) is 15.9. The molecule has 2 amide bonds. The molecule has 0 saturated carbocycles. The fourth-order valence-electron chi connectivity index (χ4n) is 2.57. The number of ether oxygens (including phenoxy) is 1. The van der Waals surface area contributed by atoms with E-state index < -0.39 is 0 Å². The molecule has 0 radical (unpaired) electrons. The van der Waals surface area contributed by atoms with E-state index in [1.165, 1.54) is 0 Å². The fourth-order valence-corrected chi connectivity index (χ4v) is 2.57. The largest absolute Gasteiger partial charge is 0.491 e. The lowest BCUT2D eigenvalue weighted by Gasteiger charge is -2.30. The van der Waals surface area contributed by atoms with Gasteiger partial charge in [0.05, 0.1) is 12.2 Å². The zero-order valence-electron chi connectivity index (χ0n) is 13.4. The van der Waals surface area contributed by atoms with Crippen molar-refractivity contribution in [2.24, 2.45) is 0 Å². The van der Waals surface area contributed by atoms with E-state index >= 15 is 0 Å². The molecule has 2 rings (SSSR count). The SMILES string of the molecule is CC(C)Oc1ccc(CCNC(=O)N2CCCC(O)C2)cc1. The van der Waals surface area contributed by atoms with Crippen LogP contribution < -0.4 is 10.1 Å². The second kappa shape index (κ2) is 8.03. The number of aliphatic hydroxyl groups is 1. The lowest BCUT2D eigenvalue weighted by atomic mass is 10.1. The molecule has 0 aromatic heterocycles. The van der Waals surface area contributed by atoms with Gasteiger partial charge in [-0.1, -0.05) is 12.1 Å². The number of β-amino-alcohol motifs (C(OH)–C–C–N with tert-alkyl or cyclic N) is 1. The summed E-state index contributed by atoms with van der Waals surface area (Å²) in [7, 11) is 0.